The average Bonchev–Trinajstić information content (AvgIpc) is 2.47. The molecule has 4 nitrogen and oxygen atoms in total. The Morgan fingerprint density at radius 3 is 2.84 bits per heavy atom. The molecule has 0 radical (unpaired) electrons. The molecule has 0 aromatic carbocycles. The minimum atomic E-state index is -0.945. The van der Waals surface area contributed by atoms with Crippen LogP contribution in [0.3, 0.4) is 0 Å². The van der Waals surface area contributed by atoms with Gasteiger partial charge in [-0.1, -0.05) is 18.9 Å². The van der Waals surface area contributed by atoms with Gasteiger partial charge in [-0.3, -0.25) is 0 Å². The molecule has 0 amide bonds. The predicted octanol–water partition coefficient (Wildman–Crippen LogP) is 2.94. The van der Waals surface area contributed by atoms with Crippen molar-refractivity contribution in [2.75, 3.05) is 11.4 Å². The lowest BCUT2D eigenvalue weighted by Crippen LogP contribution is -2.47. The highest BCUT2D eigenvalue weighted by Gasteiger charge is 2.33. The van der Waals surface area contributed by atoms with E-state index in [1.807, 2.05) is 6.07 Å². The van der Waals surface area contributed by atoms with Gasteiger partial charge in [0.25, 0.3) is 0 Å². The average molecular weight is 260 g/mol. The third-order valence-electron chi connectivity index (χ3n) is 4.49. The van der Waals surface area contributed by atoms with Gasteiger partial charge in [0, 0.05) is 12.6 Å². The van der Waals surface area contributed by atoms with Crippen molar-refractivity contribution in [3.05, 3.63) is 23.9 Å². The van der Waals surface area contributed by atoms with Crippen molar-refractivity contribution < 1.29 is 9.90 Å². The minimum Gasteiger partial charge on any atom is -0.477 e. The van der Waals surface area contributed by atoms with Crippen LogP contribution in [0.25, 0.3) is 0 Å². The van der Waals surface area contributed by atoms with Crippen LogP contribution in [0.5, 0.6) is 0 Å². The number of hydrogen-bond donors (Lipinski definition) is 1. The molecule has 2 fully saturated rings. The van der Waals surface area contributed by atoms with Gasteiger partial charge in [0.15, 0.2) is 5.69 Å². The van der Waals surface area contributed by atoms with E-state index in [1.165, 1.54) is 38.5 Å². The zero-order chi connectivity index (χ0) is 13.2. The maximum Gasteiger partial charge on any atom is 0.354 e. The Bertz CT molecular complexity index is 473. The van der Waals surface area contributed by atoms with Gasteiger partial charge >= 0.3 is 5.97 Å². The molecule has 1 saturated carbocycles. The Labute approximate surface area is 113 Å². The number of carbonyl (C=O) groups is 1. The van der Waals surface area contributed by atoms with Crippen molar-refractivity contribution in [2.45, 2.75) is 44.6 Å². The molecular formula is C15H20N2O2. The van der Waals surface area contributed by atoms with E-state index in [0.717, 1.165) is 18.3 Å². The van der Waals surface area contributed by atoms with Crippen LogP contribution >= 0.6 is 0 Å². The molecule has 3 rings (SSSR count). The number of carboxylic acids is 1. The van der Waals surface area contributed by atoms with E-state index in [-0.39, 0.29) is 5.69 Å². The van der Waals surface area contributed by atoms with Gasteiger partial charge in [0.2, 0.25) is 0 Å². The first-order chi connectivity index (χ1) is 9.25. The highest BCUT2D eigenvalue weighted by Crippen LogP contribution is 2.37. The number of pyridine rings is 1. The topological polar surface area (TPSA) is 53.4 Å². The normalized spacial score (nSPS) is 26.8. The summed E-state index contributed by atoms with van der Waals surface area (Å²) in [6, 6.07) is 5.88. The molecule has 2 heterocycles. The summed E-state index contributed by atoms with van der Waals surface area (Å²) in [5.41, 5.74) is 0.149. The van der Waals surface area contributed by atoms with Crippen LogP contribution in [0.4, 0.5) is 5.82 Å². The highest BCUT2D eigenvalue weighted by molar-refractivity contribution is 5.85. The molecule has 0 spiro atoms. The van der Waals surface area contributed by atoms with Crippen molar-refractivity contribution >= 4 is 11.8 Å². The Kier molecular flexibility index (Phi) is 3.40. The molecule has 1 aliphatic heterocycles. The molecule has 102 valence electrons. The second-order valence-corrected chi connectivity index (χ2v) is 5.63. The Balaban J connectivity index is 1.87. The first-order valence-electron chi connectivity index (χ1n) is 7.23. The van der Waals surface area contributed by atoms with Gasteiger partial charge in [-0.25, -0.2) is 9.78 Å². The first-order valence-corrected chi connectivity index (χ1v) is 7.23. The second kappa shape index (κ2) is 5.19. The fourth-order valence-corrected chi connectivity index (χ4v) is 3.61. The van der Waals surface area contributed by atoms with Crippen LogP contribution in [0.2, 0.25) is 0 Å². The largest absolute Gasteiger partial charge is 0.477 e. The zero-order valence-corrected chi connectivity index (χ0v) is 11.1. The van der Waals surface area contributed by atoms with E-state index in [1.54, 1.807) is 12.1 Å². The van der Waals surface area contributed by atoms with E-state index in [4.69, 9.17) is 5.11 Å². The number of carboxylic acid groups (broad SMARTS) is 1. The quantitative estimate of drug-likeness (QED) is 0.888. The number of piperidine rings is 1. The van der Waals surface area contributed by atoms with Gasteiger partial charge < -0.3 is 10.0 Å². The third kappa shape index (κ3) is 2.44. The fraction of sp³-hybridized carbons (Fsp3) is 0.600. The monoisotopic (exact) mass is 260 g/mol. The Morgan fingerprint density at radius 2 is 2.00 bits per heavy atom. The lowest BCUT2D eigenvalue weighted by molar-refractivity contribution is 0.0690. The number of anilines is 1. The Hall–Kier alpha value is -1.58. The van der Waals surface area contributed by atoms with E-state index in [0.29, 0.717) is 6.04 Å². The summed E-state index contributed by atoms with van der Waals surface area (Å²) in [7, 11) is 0. The molecule has 19 heavy (non-hydrogen) atoms. The Morgan fingerprint density at radius 1 is 1.21 bits per heavy atom. The molecule has 1 saturated heterocycles. The van der Waals surface area contributed by atoms with Crippen LogP contribution < -0.4 is 4.90 Å². The molecular weight excluding hydrogens is 240 g/mol. The number of hydrogen-bond acceptors (Lipinski definition) is 3. The van der Waals surface area contributed by atoms with E-state index in [9.17, 15) is 4.79 Å². The number of aromatic carboxylic acids is 1. The number of fused-ring (bicyclic) bond motifs is 1. The van der Waals surface area contributed by atoms with Gasteiger partial charge in [-0.2, -0.15) is 0 Å². The van der Waals surface area contributed by atoms with Crippen LogP contribution in [-0.4, -0.2) is 28.6 Å². The van der Waals surface area contributed by atoms with Crippen LogP contribution in [-0.2, 0) is 0 Å². The molecule has 1 aromatic heterocycles. The maximum absolute atomic E-state index is 11.0. The molecule has 1 N–H and O–H groups in total. The molecule has 2 aliphatic rings. The molecule has 1 aliphatic carbocycles. The second-order valence-electron chi connectivity index (χ2n) is 5.63. The maximum atomic E-state index is 11.0. The summed E-state index contributed by atoms with van der Waals surface area (Å²) in [5, 5.41) is 9.06. The molecule has 0 unspecified atom stereocenters. The highest BCUT2D eigenvalue weighted by atomic mass is 16.4. The SMILES string of the molecule is O=C(O)c1cccc(N2CCC[C@H]3CCCC[C@H]32)n1. The lowest BCUT2D eigenvalue weighted by atomic mass is 9.78. The van der Waals surface area contributed by atoms with E-state index >= 15 is 0 Å². The van der Waals surface area contributed by atoms with Gasteiger partial charge in [-0.05, 0) is 43.7 Å². The summed E-state index contributed by atoms with van der Waals surface area (Å²) in [6.45, 7) is 1.01. The van der Waals surface area contributed by atoms with Gasteiger partial charge in [-0.15, -0.1) is 0 Å². The first kappa shape index (κ1) is 12.5. The molecule has 0 bridgehead atoms. The van der Waals surface area contributed by atoms with Crippen LogP contribution in [0, 0.1) is 5.92 Å². The predicted molar refractivity (Wildman–Crippen MR) is 73.5 cm³/mol. The summed E-state index contributed by atoms with van der Waals surface area (Å²) in [6.07, 6.45) is 7.69. The van der Waals surface area contributed by atoms with Crippen LogP contribution in [0.15, 0.2) is 18.2 Å². The van der Waals surface area contributed by atoms with E-state index in [2.05, 4.69) is 9.88 Å². The van der Waals surface area contributed by atoms with Crippen molar-refractivity contribution in [2.24, 2.45) is 5.92 Å². The minimum absolute atomic E-state index is 0.149. The summed E-state index contributed by atoms with van der Waals surface area (Å²) in [4.78, 5) is 17.7. The number of aromatic nitrogens is 1. The third-order valence-corrected chi connectivity index (χ3v) is 4.49. The lowest BCUT2D eigenvalue weighted by Gasteiger charge is -2.44. The van der Waals surface area contributed by atoms with Gasteiger partial charge in [0.05, 0.1) is 0 Å². The molecule has 4 heteroatoms. The van der Waals surface area contributed by atoms with Crippen molar-refractivity contribution in [3.8, 4) is 0 Å². The van der Waals surface area contributed by atoms with Gasteiger partial charge in [0.1, 0.15) is 5.82 Å². The van der Waals surface area contributed by atoms with Crippen LogP contribution in [0.1, 0.15) is 49.0 Å². The van der Waals surface area contributed by atoms with Crippen molar-refractivity contribution in [3.63, 3.8) is 0 Å². The standard InChI is InChI=1S/C15H20N2O2/c18-15(19)12-7-3-9-14(16-12)17-10-4-6-11-5-1-2-8-13(11)17/h3,7,9,11,13H,1-2,4-6,8,10H2,(H,18,19)/t11-,13-/m1/s1. The number of nitrogens with zero attached hydrogens (tertiary/aromatic N) is 2. The molecule has 2 atom stereocenters. The van der Waals surface area contributed by atoms with E-state index < -0.39 is 5.97 Å². The fourth-order valence-electron chi connectivity index (χ4n) is 3.61. The van der Waals surface area contributed by atoms with Crippen molar-refractivity contribution in [1.29, 1.82) is 0 Å². The molecule has 1 aromatic rings. The summed E-state index contributed by atoms with van der Waals surface area (Å²) < 4.78 is 0. The summed E-state index contributed by atoms with van der Waals surface area (Å²) >= 11 is 0. The summed E-state index contributed by atoms with van der Waals surface area (Å²) in [5.74, 6) is 0.674. The van der Waals surface area contributed by atoms with Crippen molar-refractivity contribution in [1.82, 2.24) is 4.98 Å². The number of rotatable bonds is 2. The zero-order valence-electron chi connectivity index (χ0n) is 11.1. The smallest absolute Gasteiger partial charge is 0.354 e.